The molecule has 1 amide bonds. The van der Waals surface area contributed by atoms with E-state index in [1.807, 2.05) is 31.2 Å². The number of rotatable bonds is 4. The van der Waals surface area contributed by atoms with Crippen LogP contribution >= 0.6 is 0 Å². The fraction of sp³-hybridized carbons (Fsp3) is 0.280. The Labute approximate surface area is 185 Å². The van der Waals surface area contributed by atoms with Gasteiger partial charge in [-0.2, -0.15) is 0 Å². The third-order valence-corrected chi connectivity index (χ3v) is 5.61. The van der Waals surface area contributed by atoms with Gasteiger partial charge in [0.2, 0.25) is 0 Å². The van der Waals surface area contributed by atoms with Crippen LogP contribution in [-0.2, 0) is 0 Å². The molecule has 1 atom stereocenters. The molecule has 0 radical (unpaired) electrons. The van der Waals surface area contributed by atoms with Gasteiger partial charge < -0.3 is 15.4 Å². The number of hydrogen-bond acceptors (Lipinski definition) is 5. The summed E-state index contributed by atoms with van der Waals surface area (Å²) in [7, 11) is 0. The second-order valence-electron chi connectivity index (χ2n) is 8.49. The Kier molecular flexibility index (Phi) is 4.87. The van der Waals surface area contributed by atoms with Crippen molar-refractivity contribution in [1.29, 1.82) is 0 Å². The maximum absolute atomic E-state index is 12.9. The van der Waals surface area contributed by atoms with Crippen molar-refractivity contribution in [1.82, 2.24) is 20.3 Å². The van der Waals surface area contributed by atoms with E-state index in [2.05, 4.69) is 37.1 Å². The van der Waals surface area contributed by atoms with E-state index in [9.17, 15) is 9.90 Å². The summed E-state index contributed by atoms with van der Waals surface area (Å²) in [5.74, 6) is 5.87. The van der Waals surface area contributed by atoms with Crippen molar-refractivity contribution in [3.8, 4) is 23.1 Å². The van der Waals surface area contributed by atoms with E-state index in [-0.39, 0.29) is 11.9 Å². The van der Waals surface area contributed by atoms with E-state index in [0.29, 0.717) is 23.6 Å². The molecule has 3 N–H and O–H groups in total. The van der Waals surface area contributed by atoms with Gasteiger partial charge in [-0.1, -0.05) is 17.4 Å². The molecule has 1 unspecified atom stereocenters. The number of hydrogen-bond donors (Lipinski definition) is 3. The lowest BCUT2D eigenvalue weighted by atomic mass is 9.99. The number of aliphatic hydroxyl groups is 1. The van der Waals surface area contributed by atoms with Crippen LogP contribution in [0.2, 0.25) is 0 Å². The number of H-pyrrole nitrogens is 1. The highest BCUT2D eigenvalue weighted by molar-refractivity contribution is 6.09. The molecular formula is C25H23N5O2. The van der Waals surface area contributed by atoms with Gasteiger partial charge in [0.15, 0.2) is 5.60 Å². The van der Waals surface area contributed by atoms with Gasteiger partial charge in [-0.15, -0.1) is 0 Å². The smallest absolute Gasteiger partial charge is 0.268 e. The monoisotopic (exact) mass is 425 g/mol. The van der Waals surface area contributed by atoms with E-state index in [1.165, 1.54) is 6.33 Å². The zero-order valence-electron chi connectivity index (χ0n) is 17.9. The van der Waals surface area contributed by atoms with Gasteiger partial charge >= 0.3 is 0 Å². The molecule has 2 aromatic heterocycles. The molecule has 160 valence electrons. The average molecular weight is 425 g/mol. The Balaban J connectivity index is 1.57. The van der Waals surface area contributed by atoms with Crippen molar-refractivity contribution in [2.24, 2.45) is 4.99 Å². The first-order chi connectivity index (χ1) is 15.4. The Morgan fingerprint density at radius 2 is 2.16 bits per heavy atom. The number of nitrogens with zero attached hydrogens (tertiary/aromatic N) is 3. The molecule has 1 aromatic carbocycles. The largest absolute Gasteiger partial charge is 0.372 e. The van der Waals surface area contributed by atoms with E-state index in [4.69, 9.17) is 0 Å². The minimum atomic E-state index is -1.34. The van der Waals surface area contributed by atoms with Gasteiger partial charge in [0.1, 0.15) is 12.0 Å². The lowest BCUT2D eigenvalue weighted by Gasteiger charge is -2.14. The molecule has 0 saturated heterocycles. The van der Waals surface area contributed by atoms with Crippen molar-refractivity contribution in [2.75, 3.05) is 6.54 Å². The molecule has 7 nitrogen and oxygen atoms in total. The number of aromatic amines is 1. The van der Waals surface area contributed by atoms with Crippen LogP contribution in [0.25, 0.3) is 22.2 Å². The summed E-state index contributed by atoms with van der Waals surface area (Å²) in [4.78, 5) is 28.9. The molecule has 1 aliphatic carbocycles. The second-order valence-corrected chi connectivity index (χ2v) is 8.49. The average Bonchev–Trinajstić information content (AvgIpc) is 3.34. The molecule has 1 saturated carbocycles. The standard InChI is InChI=1S/C25H23N5O2/c1-15-11-21(27-13-15)25(2,32)9-7-16-3-6-19-18(12-16)22(20-8-10-26-14-28-20)23(30-19)24(31)29-17-4-5-17/h3,6,8,10-12,14,17,30,32H,4-5,13H2,1-2H3,(H,29,31). The molecule has 3 heterocycles. The predicted molar refractivity (Wildman–Crippen MR) is 123 cm³/mol. The van der Waals surface area contributed by atoms with Crippen molar-refractivity contribution < 1.29 is 9.90 Å². The fourth-order valence-electron chi connectivity index (χ4n) is 3.72. The first kappa shape index (κ1) is 20.2. The van der Waals surface area contributed by atoms with Crippen molar-refractivity contribution in [3.05, 3.63) is 59.7 Å². The Morgan fingerprint density at radius 3 is 2.84 bits per heavy atom. The van der Waals surface area contributed by atoms with Crippen LogP contribution in [0.4, 0.5) is 0 Å². The zero-order chi connectivity index (χ0) is 22.3. The summed E-state index contributed by atoms with van der Waals surface area (Å²) in [6, 6.07) is 7.70. The zero-order valence-corrected chi connectivity index (χ0v) is 17.9. The normalized spacial score (nSPS) is 17.2. The topological polar surface area (TPSA) is 103 Å². The maximum Gasteiger partial charge on any atom is 0.268 e. The van der Waals surface area contributed by atoms with Crippen molar-refractivity contribution in [2.45, 2.75) is 38.3 Å². The lowest BCUT2D eigenvalue weighted by molar-refractivity contribution is 0.0947. The third-order valence-electron chi connectivity index (χ3n) is 5.61. The van der Waals surface area contributed by atoms with Crippen LogP contribution in [0.1, 0.15) is 42.7 Å². The fourth-order valence-corrected chi connectivity index (χ4v) is 3.72. The number of aliphatic imine (C=N–C) groups is 1. The summed E-state index contributed by atoms with van der Waals surface area (Å²) in [6.45, 7) is 4.22. The molecule has 3 aromatic rings. The van der Waals surface area contributed by atoms with Gasteiger partial charge in [0.05, 0.1) is 18.0 Å². The quantitative estimate of drug-likeness (QED) is 0.559. The SMILES string of the molecule is CC1=CC(C(C)(O)C#Cc2ccc3[nH]c(C(=O)NC4CC4)c(-c4ccncn4)c3c2)=NC1. The Bertz CT molecular complexity index is 1340. The van der Waals surface area contributed by atoms with Crippen LogP contribution in [0, 0.1) is 11.8 Å². The number of carbonyl (C=O) groups is 1. The number of nitrogens with one attached hydrogen (secondary N) is 2. The molecular weight excluding hydrogens is 402 g/mol. The van der Waals surface area contributed by atoms with E-state index >= 15 is 0 Å². The predicted octanol–water partition coefficient (Wildman–Crippen LogP) is 3.02. The molecule has 1 fully saturated rings. The highest BCUT2D eigenvalue weighted by atomic mass is 16.3. The van der Waals surface area contributed by atoms with Crippen LogP contribution in [0.3, 0.4) is 0 Å². The van der Waals surface area contributed by atoms with E-state index in [1.54, 1.807) is 19.2 Å². The molecule has 7 heteroatoms. The van der Waals surface area contributed by atoms with Crippen LogP contribution < -0.4 is 5.32 Å². The van der Waals surface area contributed by atoms with Gasteiger partial charge in [0.25, 0.3) is 5.91 Å². The molecule has 0 bridgehead atoms. The molecule has 1 aliphatic heterocycles. The minimum Gasteiger partial charge on any atom is -0.372 e. The third kappa shape index (κ3) is 3.93. The Morgan fingerprint density at radius 1 is 1.31 bits per heavy atom. The number of carbonyl (C=O) groups excluding carboxylic acids is 1. The highest BCUT2D eigenvalue weighted by Crippen LogP contribution is 2.32. The highest BCUT2D eigenvalue weighted by Gasteiger charge is 2.28. The number of aromatic nitrogens is 3. The summed E-state index contributed by atoms with van der Waals surface area (Å²) in [5, 5.41) is 14.7. The number of fused-ring (bicyclic) bond motifs is 1. The van der Waals surface area contributed by atoms with Gasteiger partial charge in [0, 0.05) is 34.3 Å². The Hall–Kier alpha value is -3.76. The molecule has 0 spiro atoms. The lowest BCUT2D eigenvalue weighted by Crippen LogP contribution is -2.31. The van der Waals surface area contributed by atoms with Crippen LogP contribution in [0.5, 0.6) is 0 Å². The molecule has 32 heavy (non-hydrogen) atoms. The van der Waals surface area contributed by atoms with Gasteiger partial charge in [-0.3, -0.25) is 9.79 Å². The van der Waals surface area contributed by atoms with Crippen LogP contribution in [-0.4, -0.2) is 49.9 Å². The second kappa shape index (κ2) is 7.74. The number of benzene rings is 1. The van der Waals surface area contributed by atoms with E-state index < -0.39 is 5.60 Å². The van der Waals surface area contributed by atoms with E-state index in [0.717, 1.165) is 40.4 Å². The molecule has 5 rings (SSSR count). The number of amides is 1. The summed E-state index contributed by atoms with van der Waals surface area (Å²) >= 11 is 0. The summed E-state index contributed by atoms with van der Waals surface area (Å²) in [6.07, 6.45) is 7.02. The summed E-state index contributed by atoms with van der Waals surface area (Å²) in [5.41, 5.74) is 3.73. The van der Waals surface area contributed by atoms with Crippen LogP contribution in [0.15, 0.2) is 53.4 Å². The van der Waals surface area contributed by atoms with Crippen molar-refractivity contribution in [3.63, 3.8) is 0 Å². The molecule has 2 aliphatic rings. The first-order valence-corrected chi connectivity index (χ1v) is 10.6. The van der Waals surface area contributed by atoms with Gasteiger partial charge in [-0.05, 0) is 57.0 Å². The van der Waals surface area contributed by atoms with Crippen molar-refractivity contribution >= 4 is 22.5 Å². The minimum absolute atomic E-state index is 0.144. The maximum atomic E-state index is 12.9. The first-order valence-electron chi connectivity index (χ1n) is 10.6. The summed E-state index contributed by atoms with van der Waals surface area (Å²) < 4.78 is 0. The van der Waals surface area contributed by atoms with Gasteiger partial charge in [-0.25, -0.2) is 9.97 Å².